The number of halogens is 3. The van der Waals surface area contributed by atoms with Crippen molar-refractivity contribution in [2.45, 2.75) is 6.18 Å². The van der Waals surface area contributed by atoms with Crippen molar-refractivity contribution in [2.24, 2.45) is 0 Å². The van der Waals surface area contributed by atoms with Crippen LogP contribution >= 0.6 is 0 Å². The average Bonchev–Trinajstić information content (AvgIpc) is 2.85. The molecule has 2 aromatic carbocycles. The summed E-state index contributed by atoms with van der Waals surface area (Å²) in [5, 5.41) is -0.233. The Hall–Kier alpha value is -4.67. The highest BCUT2D eigenvalue weighted by Gasteiger charge is 2.40. The van der Waals surface area contributed by atoms with Gasteiger partial charge in [0.15, 0.2) is 0 Å². The topological polar surface area (TPSA) is 105 Å². The Kier molecular flexibility index (Phi) is 6.24. The SMILES string of the molecule is COC(=O)c1ccc(Oc2c(C(F)(F)F)oc3cc(OC(=O)c4ccncc4)ccc3c2=O)cc1. The molecule has 11 heteroatoms. The molecule has 0 atom stereocenters. The summed E-state index contributed by atoms with van der Waals surface area (Å²) < 4.78 is 61.2. The highest BCUT2D eigenvalue weighted by Crippen LogP contribution is 2.38. The predicted octanol–water partition coefficient (Wildman–Crippen LogP) is 5.00. The first-order valence-corrected chi connectivity index (χ1v) is 9.84. The summed E-state index contributed by atoms with van der Waals surface area (Å²) in [5.74, 6) is -4.47. The summed E-state index contributed by atoms with van der Waals surface area (Å²) in [4.78, 5) is 40.4. The van der Waals surface area contributed by atoms with E-state index < -0.39 is 40.6 Å². The first kappa shape index (κ1) is 23.5. The van der Waals surface area contributed by atoms with Crippen LogP contribution in [0.25, 0.3) is 11.0 Å². The number of esters is 2. The van der Waals surface area contributed by atoms with Gasteiger partial charge in [-0.3, -0.25) is 9.78 Å². The fourth-order valence-corrected chi connectivity index (χ4v) is 3.05. The zero-order valence-corrected chi connectivity index (χ0v) is 17.8. The molecule has 0 aliphatic heterocycles. The maximum atomic E-state index is 13.7. The molecule has 0 saturated heterocycles. The standard InChI is InChI=1S/C24H14F3NO7/c1-32-22(30)13-2-4-15(5-3-13)33-20-19(29)17-7-6-16(12-18(17)35-21(20)24(25,26)27)34-23(31)14-8-10-28-11-9-14/h2-12H,1H3. The van der Waals surface area contributed by atoms with Crippen molar-refractivity contribution in [3.63, 3.8) is 0 Å². The number of aromatic nitrogens is 1. The van der Waals surface area contributed by atoms with Gasteiger partial charge in [0, 0.05) is 18.5 Å². The molecule has 0 N–H and O–H groups in total. The lowest BCUT2D eigenvalue weighted by atomic mass is 10.2. The second kappa shape index (κ2) is 9.29. The molecule has 2 aromatic heterocycles. The molecule has 0 fully saturated rings. The lowest BCUT2D eigenvalue weighted by Crippen LogP contribution is -2.15. The molecule has 0 radical (unpaired) electrons. The molecule has 4 aromatic rings. The minimum atomic E-state index is -5.08. The van der Waals surface area contributed by atoms with Gasteiger partial charge < -0.3 is 18.6 Å². The van der Waals surface area contributed by atoms with E-state index in [0.29, 0.717) is 0 Å². The van der Waals surface area contributed by atoms with Gasteiger partial charge in [-0.2, -0.15) is 13.2 Å². The number of rotatable bonds is 5. The minimum absolute atomic E-state index is 0.135. The fourth-order valence-electron chi connectivity index (χ4n) is 3.05. The second-order valence-electron chi connectivity index (χ2n) is 6.99. The van der Waals surface area contributed by atoms with Crippen LogP contribution in [0.5, 0.6) is 17.2 Å². The summed E-state index contributed by atoms with van der Waals surface area (Å²) in [5.41, 5.74) is -1.26. The van der Waals surface area contributed by atoms with Crippen molar-refractivity contribution < 1.29 is 41.4 Å². The second-order valence-corrected chi connectivity index (χ2v) is 6.99. The van der Waals surface area contributed by atoms with Gasteiger partial charge in [-0.15, -0.1) is 0 Å². The molecular formula is C24H14F3NO7. The largest absolute Gasteiger partial charge is 0.465 e. The Balaban J connectivity index is 1.72. The van der Waals surface area contributed by atoms with Gasteiger partial charge in [-0.1, -0.05) is 0 Å². The average molecular weight is 485 g/mol. The van der Waals surface area contributed by atoms with Crippen molar-refractivity contribution in [1.29, 1.82) is 0 Å². The van der Waals surface area contributed by atoms with Crippen molar-refractivity contribution in [1.82, 2.24) is 4.98 Å². The van der Waals surface area contributed by atoms with Crippen LogP contribution in [0, 0.1) is 0 Å². The van der Waals surface area contributed by atoms with Gasteiger partial charge in [0.25, 0.3) is 5.76 Å². The lowest BCUT2D eigenvalue weighted by molar-refractivity contribution is -0.154. The first-order chi connectivity index (χ1) is 16.7. The molecule has 0 amide bonds. The van der Waals surface area contributed by atoms with Crippen molar-refractivity contribution in [3.05, 3.63) is 94.1 Å². The van der Waals surface area contributed by atoms with Crippen molar-refractivity contribution >= 4 is 22.9 Å². The number of ether oxygens (including phenoxy) is 3. The molecule has 178 valence electrons. The monoisotopic (exact) mass is 485 g/mol. The van der Waals surface area contributed by atoms with Gasteiger partial charge in [0.1, 0.15) is 17.1 Å². The van der Waals surface area contributed by atoms with E-state index in [0.717, 1.165) is 12.1 Å². The molecule has 0 aliphatic carbocycles. The molecule has 0 bridgehead atoms. The number of carbonyl (C=O) groups is 2. The molecule has 4 rings (SSSR count). The van der Waals surface area contributed by atoms with E-state index in [4.69, 9.17) is 13.9 Å². The highest BCUT2D eigenvalue weighted by atomic mass is 19.4. The molecule has 35 heavy (non-hydrogen) atoms. The lowest BCUT2D eigenvalue weighted by Gasteiger charge is -2.14. The van der Waals surface area contributed by atoms with E-state index in [2.05, 4.69) is 9.72 Å². The molecule has 2 heterocycles. The van der Waals surface area contributed by atoms with E-state index in [1.165, 1.54) is 62.0 Å². The van der Waals surface area contributed by atoms with Gasteiger partial charge >= 0.3 is 18.1 Å². The van der Waals surface area contributed by atoms with Crippen LogP contribution in [-0.2, 0) is 10.9 Å². The molecule has 0 aliphatic rings. The Labute approximate surface area is 194 Å². The maximum Gasteiger partial charge on any atom is 0.453 e. The van der Waals surface area contributed by atoms with Crippen molar-refractivity contribution in [3.8, 4) is 17.2 Å². The number of benzene rings is 2. The third-order valence-electron chi connectivity index (χ3n) is 4.70. The number of hydrogen-bond acceptors (Lipinski definition) is 8. The summed E-state index contributed by atoms with van der Waals surface area (Å²) in [7, 11) is 1.17. The van der Waals surface area contributed by atoms with E-state index in [1.807, 2.05) is 0 Å². The van der Waals surface area contributed by atoms with Gasteiger partial charge in [0.2, 0.25) is 11.2 Å². The summed E-state index contributed by atoms with van der Waals surface area (Å²) in [6.07, 6.45) is -2.34. The number of methoxy groups -OCH3 is 1. The van der Waals surface area contributed by atoms with Gasteiger partial charge in [-0.05, 0) is 48.5 Å². The van der Waals surface area contributed by atoms with E-state index in [9.17, 15) is 27.6 Å². The maximum absolute atomic E-state index is 13.7. The predicted molar refractivity (Wildman–Crippen MR) is 115 cm³/mol. The number of alkyl halides is 3. The number of nitrogens with zero attached hydrogens (tertiary/aromatic N) is 1. The summed E-state index contributed by atoms with van der Waals surface area (Å²) in [6.45, 7) is 0. The van der Waals surface area contributed by atoms with Crippen LogP contribution < -0.4 is 14.9 Å². The van der Waals surface area contributed by atoms with Gasteiger partial charge in [0.05, 0.1) is 23.6 Å². The number of hydrogen-bond donors (Lipinski definition) is 0. The first-order valence-electron chi connectivity index (χ1n) is 9.84. The van der Waals surface area contributed by atoms with E-state index in [-0.39, 0.29) is 28.0 Å². The molecule has 0 spiro atoms. The fraction of sp³-hybridized carbons (Fsp3) is 0.0833. The van der Waals surface area contributed by atoms with Crippen LogP contribution in [0.15, 0.2) is 76.2 Å². The van der Waals surface area contributed by atoms with Crippen molar-refractivity contribution in [2.75, 3.05) is 7.11 Å². The Morgan fingerprint density at radius 3 is 2.14 bits per heavy atom. The number of fused-ring (bicyclic) bond motifs is 1. The minimum Gasteiger partial charge on any atom is -0.465 e. The Morgan fingerprint density at radius 1 is 0.886 bits per heavy atom. The van der Waals surface area contributed by atoms with Crippen LogP contribution in [0.4, 0.5) is 13.2 Å². The van der Waals surface area contributed by atoms with Gasteiger partial charge in [-0.25, -0.2) is 9.59 Å². The molecule has 8 nitrogen and oxygen atoms in total. The van der Waals surface area contributed by atoms with Crippen LogP contribution in [0.3, 0.4) is 0 Å². The van der Waals surface area contributed by atoms with E-state index >= 15 is 0 Å². The summed E-state index contributed by atoms with van der Waals surface area (Å²) in [6, 6.07) is 11.1. The number of pyridine rings is 1. The molecule has 0 saturated carbocycles. The zero-order valence-electron chi connectivity index (χ0n) is 17.8. The van der Waals surface area contributed by atoms with Crippen LogP contribution in [0.1, 0.15) is 26.5 Å². The van der Waals surface area contributed by atoms with Crippen LogP contribution in [-0.4, -0.2) is 24.0 Å². The highest BCUT2D eigenvalue weighted by molar-refractivity contribution is 5.91. The Morgan fingerprint density at radius 2 is 1.51 bits per heavy atom. The van der Waals surface area contributed by atoms with E-state index in [1.54, 1.807) is 0 Å². The van der Waals surface area contributed by atoms with Crippen LogP contribution in [0.2, 0.25) is 0 Å². The molecular weight excluding hydrogens is 471 g/mol. The summed E-state index contributed by atoms with van der Waals surface area (Å²) >= 11 is 0. The zero-order chi connectivity index (χ0) is 25.2. The normalized spacial score (nSPS) is 11.2. The third-order valence-corrected chi connectivity index (χ3v) is 4.70. The quantitative estimate of drug-likeness (QED) is 0.287. The Bertz CT molecular complexity index is 1460. The molecule has 0 unspecified atom stereocenters. The number of carbonyl (C=O) groups excluding carboxylic acids is 2. The third kappa shape index (κ3) is 4.98. The smallest absolute Gasteiger partial charge is 0.453 e.